The predicted molar refractivity (Wildman–Crippen MR) is 114 cm³/mol. The largest absolute Gasteiger partial charge is 0.387 e. The van der Waals surface area contributed by atoms with Crippen LogP contribution in [0.2, 0.25) is 0 Å². The molecule has 1 heterocycles. The zero-order chi connectivity index (χ0) is 21.8. The first kappa shape index (κ1) is 21.6. The highest BCUT2D eigenvalue weighted by atomic mass is 16.6. The molecular weight excluding hydrogens is 396 g/mol. The predicted octanol–water partition coefficient (Wildman–Crippen LogP) is 1.79. The van der Waals surface area contributed by atoms with Crippen molar-refractivity contribution in [2.24, 2.45) is 0 Å². The van der Waals surface area contributed by atoms with E-state index >= 15 is 0 Å². The number of aliphatic hydroxyl groups excluding tert-OH is 4. The van der Waals surface area contributed by atoms with Gasteiger partial charge in [-0.25, -0.2) is 0 Å². The summed E-state index contributed by atoms with van der Waals surface area (Å²) in [6.45, 7) is -0.138. The normalized spacial score (nSPS) is 26.5. The first-order chi connectivity index (χ1) is 15.0. The van der Waals surface area contributed by atoms with Crippen LogP contribution in [0.15, 0.2) is 91.0 Å². The number of rotatable bonds is 6. The molecule has 3 aromatic carbocycles. The molecule has 0 spiro atoms. The molecule has 0 radical (unpaired) electrons. The molecule has 6 heteroatoms. The van der Waals surface area contributed by atoms with Crippen LogP contribution in [0.1, 0.15) is 16.7 Å². The fourth-order valence-corrected chi connectivity index (χ4v) is 4.04. The summed E-state index contributed by atoms with van der Waals surface area (Å²) < 4.78 is 11.9. The van der Waals surface area contributed by atoms with Gasteiger partial charge in [0, 0.05) is 0 Å². The summed E-state index contributed by atoms with van der Waals surface area (Å²) in [5.41, 5.74) is 1.59. The van der Waals surface area contributed by atoms with Gasteiger partial charge in [-0.1, -0.05) is 91.0 Å². The summed E-state index contributed by atoms with van der Waals surface area (Å²) in [4.78, 5) is 0. The fourth-order valence-electron chi connectivity index (χ4n) is 4.04. The van der Waals surface area contributed by atoms with Crippen LogP contribution in [0.25, 0.3) is 0 Å². The molecule has 4 N–H and O–H groups in total. The van der Waals surface area contributed by atoms with E-state index in [4.69, 9.17) is 9.47 Å². The van der Waals surface area contributed by atoms with Gasteiger partial charge in [-0.15, -0.1) is 0 Å². The third-order valence-electron chi connectivity index (χ3n) is 5.69. The molecule has 0 amide bonds. The maximum absolute atomic E-state index is 10.4. The van der Waals surface area contributed by atoms with Crippen molar-refractivity contribution in [2.45, 2.75) is 36.3 Å². The van der Waals surface area contributed by atoms with Crippen molar-refractivity contribution in [3.05, 3.63) is 108 Å². The minimum Gasteiger partial charge on any atom is -0.387 e. The van der Waals surface area contributed by atoms with Gasteiger partial charge >= 0.3 is 0 Å². The average molecular weight is 422 g/mol. The molecule has 5 atom stereocenters. The van der Waals surface area contributed by atoms with E-state index in [1.54, 1.807) is 0 Å². The molecule has 0 aromatic heterocycles. The van der Waals surface area contributed by atoms with Crippen molar-refractivity contribution in [1.82, 2.24) is 0 Å². The highest BCUT2D eigenvalue weighted by Gasteiger charge is 2.45. The SMILES string of the molecule is OC1O[C@H](COC(c2ccccc2)(c2ccccc2)c2ccccc2)[C@H](O)[C@H](O)[C@H]1O. The third-order valence-corrected chi connectivity index (χ3v) is 5.69. The van der Waals surface area contributed by atoms with E-state index in [1.807, 2.05) is 91.0 Å². The first-order valence-corrected chi connectivity index (χ1v) is 10.2. The number of benzene rings is 3. The van der Waals surface area contributed by atoms with E-state index in [1.165, 1.54) is 0 Å². The molecule has 1 saturated heterocycles. The topological polar surface area (TPSA) is 99.4 Å². The van der Waals surface area contributed by atoms with Gasteiger partial charge in [-0.2, -0.15) is 0 Å². The van der Waals surface area contributed by atoms with E-state index in [0.29, 0.717) is 0 Å². The molecule has 1 fully saturated rings. The van der Waals surface area contributed by atoms with E-state index in [2.05, 4.69) is 0 Å². The van der Waals surface area contributed by atoms with Crippen molar-refractivity contribution < 1.29 is 29.9 Å². The molecule has 6 nitrogen and oxygen atoms in total. The smallest absolute Gasteiger partial charge is 0.184 e. The standard InChI is InChI=1S/C25H26O6/c26-21-20(31-24(29)23(28)22(21)27)16-30-25(17-10-4-1-5-11-17,18-12-6-2-7-13-18)19-14-8-3-9-15-19/h1-15,20-24,26-29H,16H2/t20-,21+,22+,23-,24?/m1/s1. The second kappa shape index (κ2) is 9.28. The van der Waals surface area contributed by atoms with Gasteiger partial charge in [-0.3, -0.25) is 0 Å². The summed E-state index contributed by atoms with van der Waals surface area (Å²) in [5.74, 6) is 0. The van der Waals surface area contributed by atoms with Crippen molar-refractivity contribution in [3.63, 3.8) is 0 Å². The van der Waals surface area contributed by atoms with Crippen molar-refractivity contribution in [2.75, 3.05) is 6.61 Å². The molecular formula is C25H26O6. The van der Waals surface area contributed by atoms with Gasteiger partial charge in [0.05, 0.1) is 6.61 Å². The fraction of sp³-hybridized carbons (Fsp3) is 0.280. The highest BCUT2D eigenvalue weighted by Crippen LogP contribution is 2.41. The number of hydrogen-bond donors (Lipinski definition) is 4. The van der Waals surface area contributed by atoms with E-state index < -0.39 is 36.3 Å². The van der Waals surface area contributed by atoms with Crippen LogP contribution in [0.4, 0.5) is 0 Å². The Kier molecular flexibility index (Phi) is 6.48. The Morgan fingerprint density at radius 2 is 1.03 bits per heavy atom. The number of aliphatic hydroxyl groups is 4. The highest BCUT2D eigenvalue weighted by molar-refractivity contribution is 5.47. The van der Waals surface area contributed by atoms with Gasteiger partial charge in [0.15, 0.2) is 6.29 Å². The summed E-state index contributed by atoms with van der Waals surface area (Å²) in [6, 6.07) is 29.1. The Morgan fingerprint density at radius 1 is 0.613 bits per heavy atom. The summed E-state index contributed by atoms with van der Waals surface area (Å²) >= 11 is 0. The van der Waals surface area contributed by atoms with Gasteiger partial charge in [0.2, 0.25) is 0 Å². The van der Waals surface area contributed by atoms with Gasteiger partial charge < -0.3 is 29.9 Å². The molecule has 0 aliphatic carbocycles. The summed E-state index contributed by atoms with van der Waals surface area (Å²) in [5, 5.41) is 40.2. The Labute approximate surface area is 180 Å². The Balaban J connectivity index is 1.78. The molecule has 4 rings (SSSR count). The van der Waals surface area contributed by atoms with Crippen LogP contribution in [-0.4, -0.2) is 57.7 Å². The first-order valence-electron chi connectivity index (χ1n) is 10.2. The summed E-state index contributed by atoms with van der Waals surface area (Å²) in [7, 11) is 0. The van der Waals surface area contributed by atoms with E-state index in [-0.39, 0.29) is 6.61 Å². The quantitative estimate of drug-likeness (QED) is 0.452. The van der Waals surface area contributed by atoms with Crippen molar-refractivity contribution >= 4 is 0 Å². The lowest BCUT2D eigenvalue weighted by molar-refractivity contribution is -0.291. The molecule has 1 aliphatic rings. The molecule has 0 saturated carbocycles. The van der Waals surface area contributed by atoms with E-state index in [0.717, 1.165) is 16.7 Å². The minimum atomic E-state index is -1.62. The molecule has 31 heavy (non-hydrogen) atoms. The molecule has 1 aliphatic heterocycles. The Morgan fingerprint density at radius 3 is 1.45 bits per heavy atom. The van der Waals surface area contributed by atoms with Crippen molar-refractivity contribution in [3.8, 4) is 0 Å². The lowest BCUT2D eigenvalue weighted by Crippen LogP contribution is -2.59. The van der Waals surface area contributed by atoms with E-state index in [9.17, 15) is 20.4 Å². The average Bonchev–Trinajstić information content (AvgIpc) is 2.83. The molecule has 0 bridgehead atoms. The van der Waals surface area contributed by atoms with Gasteiger partial charge in [0.1, 0.15) is 30.0 Å². The zero-order valence-electron chi connectivity index (χ0n) is 16.9. The van der Waals surface area contributed by atoms with Crippen molar-refractivity contribution in [1.29, 1.82) is 0 Å². The second-order valence-electron chi connectivity index (χ2n) is 7.63. The summed E-state index contributed by atoms with van der Waals surface area (Å²) in [6.07, 6.45) is -7.21. The minimum absolute atomic E-state index is 0.138. The molecule has 162 valence electrons. The van der Waals surface area contributed by atoms with Gasteiger partial charge in [-0.05, 0) is 16.7 Å². The van der Waals surface area contributed by atoms with Crippen LogP contribution < -0.4 is 0 Å². The molecule has 1 unspecified atom stereocenters. The van der Waals surface area contributed by atoms with Crippen LogP contribution >= 0.6 is 0 Å². The van der Waals surface area contributed by atoms with Crippen LogP contribution in [-0.2, 0) is 15.1 Å². The molecule has 3 aromatic rings. The maximum atomic E-state index is 10.4. The van der Waals surface area contributed by atoms with Crippen LogP contribution in [0, 0.1) is 0 Å². The Bertz CT molecular complexity index is 853. The number of hydrogen-bond acceptors (Lipinski definition) is 6. The number of ether oxygens (including phenoxy) is 2. The van der Waals surface area contributed by atoms with Crippen LogP contribution in [0.5, 0.6) is 0 Å². The lowest BCUT2D eigenvalue weighted by atomic mass is 9.80. The van der Waals surface area contributed by atoms with Gasteiger partial charge in [0.25, 0.3) is 0 Å². The monoisotopic (exact) mass is 422 g/mol. The zero-order valence-corrected chi connectivity index (χ0v) is 16.9. The maximum Gasteiger partial charge on any atom is 0.184 e. The Hall–Kier alpha value is -2.58. The third kappa shape index (κ3) is 4.14. The lowest BCUT2D eigenvalue weighted by Gasteiger charge is -2.41. The van der Waals surface area contributed by atoms with Crippen LogP contribution in [0.3, 0.4) is 0 Å². The second-order valence-corrected chi connectivity index (χ2v) is 7.63.